The van der Waals surface area contributed by atoms with Crippen molar-refractivity contribution in [3.05, 3.63) is 46.6 Å². The van der Waals surface area contributed by atoms with Crippen molar-refractivity contribution < 1.29 is 9.26 Å². The molecule has 122 valence electrons. The van der Waals surface area contributed by atoms with Crippen LogP contribution in [0.25, 0.3) is 0 Å². The van der Waals surface area contributed by atoms with Crippen molar-refractivity contribution in [2.24, 2.45) is 0 Å². The number of rotatable bonds is 3. The molecule has 0 N–H and O–H groups in total. The van der Waals surface area contributed by atoms with Crippen LogP contribution in [0.3, 0.4) is 0 Å². The predicted molar refractivity (Wildman–Crippen MR) is 87.8 cm³/mol. The molecule has 0 spiro atoms. The number of hydrogen-bond donors (Lipinski definition) is 0. The fourth-order valence-corrected chi connectivity index (χ4v) is 4.01. The Morgan fingerprint density at radius 1 is 1.09 bits per heavy atom. The maximum absolute atomic E-state index is 6.07. The summed E-state index contributed by atoms with van der Waals surface area (Å²) in [5.41, 5.74) is 1.08. The average Bonchev–Trinajstić information content (AvgIpc) is 3.28. The van der Waals surface area contributed by atoms with Gasteiger partial charge in [-0.25, -0.2) is 0 Å². The number of hydrogen-bond acceptors (Lipinski definition) is 4. The second-order valence-corrected chi connectivity index (χ2v) is 7.10. The van der Waals surface area contributed by atoms with Crippen LogP contribution in [0.2, 0.25) is 5.02 Å². The van der Waals surface area contributed by atoms with Gasteiger partial charge in [0.2, 0.25) is 5.89 Å². The van der Waals surface area contributed by atoms with Gasteiger partial charge in [-0.2, -0.15) is 4.98 Å². The molecular formula is C18H21ClN2O2. The van der Waals surface area contributed by atoms with Crippen LogP contribution in [0.4, 0.5) is 0 Å². The van der Waals surface area contributed by atoms with Crippen LogP contribution in [-0.4, -0.2) is 23.4 Å². The Morgan fingerprint density at radius 2 is 1.87 bits per heavy atom. The third kappa shape index (κ3) is 2.79. The van der Waals surface area contributed by atoms with E-state index in [0.717, 1.165) is 42.6 Å². The van der Waals surface area contributed by atoms with E-state index in [1.54, 1.807) is 0 Å². The summed E-state index contributed by atoms with van der Waals surface area (Å²) in [6.07, 6.45) is 6.73. The van der Waals surface area contributed by atoms with Crippen LogP contribution in [0.15, 0.2) is 28.8 Å². The van der Waals surface area contributed by atoms with E-state index in [1.807, 2.05) is 12.1 Å². The van der Waals surface area contributed by atoms with Gasteiger partial charge in [0.1, 0.15) is 0 Å². The van der Waals surface area contributed by atoms with Crippen molar-refractivity contribution in [2.75, 3.05) is 13.2 Å². The number of nitrogens with zero attached hydrogens (tertiary/aromatic N) is 2. The van der Waals surface area contributed by atoms with E-state index in [1.165, 1.54) is 24.8 Å². The number of ether oxygens (including phenoxy) is 1. The van der Waals surface area contributed by atoms with E-state index in [9.17, 15) is 0 Å². The Kier molecular flexibility index (Phi) is 4.12. The van der Waals surface area contributed by atoms with Crippen LogP contribution in [-0.2, 0) is 10.2 Å². The van der Waals surface area contributed by atoms with Crippen LogP contribution in [0, 0.1) is 0 Å². The molecule has 1 atom stereocenters. The average molecular weight is 333 g/mol. The van der Waals surface area contributed by atoms with E-state index in [0.29, 0.717) is 6.61 Å². The zero-order valence-corrected chi connectivity index (χ0v) is 13.9. The minimum atomic E-state index is -0.159. The fraction of sp³-hybridized carbons (Fsp3) is 0.556. The number of halogens is 1. The van der Waals surface area contributed by atoms with E-state index in [2.05, 4.69) is 17.3 Å². The maximum atomic E-state index is 6.07. The standard InChI is InChI=1S/C18H21ClN2O2/c19-15-6-4-14(5-7-15)18(9-2-1-3-10-18)17-20-16(21-23-17)13-8-11-22-12-13/h4-7,13H,1-3,8-12H2/t13-/m0/s1. The first-order valence-corrected chi connectivity index (χ1v) is 8.84. The third-order valence-corrected chi connectivity index (χ3v) is 5.50. The van der Waals surface area contributed by atoms with E-state index >= 15 is 0 Å². The molecule has 0 radical (unpaired) electrons. The van der Waals surface area contributed by atoms with Crippen molar-refractivity contribution >= 4 is 11.6 Å². The lowest BCUT2D eigenvalue weighted by Crippen LogP contribution is -2.31. The molecule has 0 unspecified atom stereocenters. The molecule has 0 bridgehead atoms. The molecule has 2 fully saturated rings. The van der Waals surface area contributed by atoms with Crippen LogP contribution in [0.5, 0.6) is 0 Å². The summed E-state index contributed by atoms with van der Waals surface area (Å²) in [4.78, 5) is 4.80. The molecule has 2 aliphatic rings. The minimum Gasteiger partial charge on any atom is -0.381 e. The summed E-state index contributed by atoms with van der Waals surface area (Å²) in [5.74, 6) is 1.84. The quantitative estimate of drug-likeness (QED) is 0.831. The predicted octanol–water partition coefficient (Wildman–Crippen LogP) is 4.48. The summed E-state index contributed by atoms with van der Waals surface area (Å²) in [6, 6.07) is 8.12. The van der Waals surface area contributed by atoms with Gasteiger partial charge in [0.25, 0.3) is 0 Å². The van der Waals surface area contributed by atoms with Crippen molar-refractivity contribution in [2.45, 2.75) is 49.9 Å². The topological polar surface area (TPSA) is 48.2 Å². The van der Waals surface area contributed by atoms with E-state index < -0.39 is 0 Å². The summed E-state index contributed by atoms with van der Waals surface area (Å²) >= 11 is 6.07. The first-order valence-electron chi connectivity index (χ1n) is 8.46. The SMILES string of the molecule is Clc1ccc(C2(c3nc([C@H]4CCOC4)no3)CCCCC2)cc1. The van der Waals surface area contributed by atoms with Crippen molar-refractivity contribution in [3.8, 4) is 0 Å². The fourth-order valence-electron chi connectivity index (χ4n) is 3.88. The van der Waals surface area contributed by atoms with Crippen molar-refractivity contribution in [3.63, 3.8) is 0 Å². The molecule has 23 heavy (non-hydrogen) atoms. The molecule has 1 aromatic heterocycles. The molecule has 5 heteroatoms. The highest BCUT2D eigenvalue weighted by atomic mass is 35.5. The summed E-state index contributed by atoms with van der Waals surface area (Å²) in [5, 5.41) is 5.03. The van der Waals surface area contributed by atoms with Gasteiger partial charge in [0.05, 0.1) is 12.0 Å². The van der Waals surface area contributed by atoms with Crippen LogP contribution < -0.4 is 0 Å². The second-order valence-electron chi connectivity index (χ2n) is 6.67. The molecule has 1 aromatic carbocycles. The van der Waals surface area contributed by atoms with Gasteiger partial charge < -0.3 is 9.26 Å². The summed E-state index contributed by atoms with van der Waals surface area (Å²) in [7, 11) is 0. The minimum absolute atomic E-state index is 0.159. The zero-order valence-electron chi connectivity index (χ0n) is 13.1. The smallest absolute Gasteiger partial charge is 0.237 e. The molecule has 0 amide bonds. The molecule has 2 aromatic rings. The Bertz CT molecular complexity index is 656. The van der Waals surface area contributed by atoms with Gasteiger partial charge in [-0.3, -0.25) is 0 Å². The molecule has 1 aliphatic carbocycles. The Balaban J connectivity index is 1.72. The first-order chi connectivity index (χ1) is 11.3. The number of benzene rings is 1. The molecule has 1 saturated carbocycles. The van der Waals surface area contributed by atoms with Gasteiger partial charge >= 0.3 is 0 Å². The lowest BCUT2D eigenvalue weighted by atomic mass is 9.69. The molecular weight excluding hydrogens is 312 g/mol. The lowest BCUT2D eigenvalue weighted by molar-refractivity contribution is 0.192. The number of aromatic nitrogens is 2. The summed E-state index contributed by atoms with van der Waals surface area (Å²) in [6.45, 7) is 1.49. The highest BCUT2D eigenvalue weighted by molar-refractivity contribution is 6.30. The largest absolute Gasteiger partial charge is 0.381 e. The lowest BCUT2D eigenvalue weighted by Gasteiger charge is -2.34. The zero-order chi connectivity index (χ0) is 15.7. The van der Waals surface area contributed by atoms with Crippen LogP contribution >= 0.6 is 11.6 Å². The molecule has 2 heterocycles. The summed E-state index contributed by atoms with van der Waals surface area (Å²) < 4.78 is 11.2. The van der Waals surface area contributed by atoms with E-state index in [-0.39, 0.29) is 11.3 Å². The van der Waals surface area contributed by atoms with Gasteiger partial charge in [-0.05, 0) is 37.0 Å². The highest BCUT2D eigenvalue weighted by Gasteiger charge is 2.41. The van der Waals surface area contributed by atoms with Gasteiger partial charge in [-0.15, -0.1) is 0 Å². The Hall–Kier alpha value is -1.39. The van der Waals surface area contributed by atoms with E-state index in [4.69, 9.17) is 25.8 Å². The first kappa shape index (κ1) is 15.2. The third-order valence-electron chi connectivity index (χ3n) is 5.25. The highest BCUT2D eigenvalue weighted by Crippen LogP contribution is 2.44. The molecule has 4 rings (SSSR count). The van der Waals surface area contributed by atoms with Gasteiger partial charge in [0, 0.05) is 17.5 Å². The van der Waals surface area contributed by atoms with Gasteiger partial charge in [0.15, 0.2) is 5.82 Å². The van der Waals surface area contributed by atoms with Crippen molar-refractivity contribution in [1.82, 2.24) is 10.1 Å². The normalized spacial score (nSPS) is 24.0. The molecule has 1 aliphatic heterocycles. The monoisotopic (exact) mass is 332 g/mol. The van der Waals surface area contributed by atoms with Gasteiger partial charge in [-0.1, -0.05) is 48.2 Å². The second kappa shape index (κ2) is 6.25. The molecule has 1 saturated heterocycles. The molecule has 4 nitrogen and oxygen atoms in total. The van der Waals surface area contributed by atoms with Crippen LogP contribution in [0.1, 0.15) is 61.7 Å². The maximum Gasteiger partial charge on any atom is 0.237 e. The Morgan fingerprint density at radius 3 is 2.57 bits per heavy atom. The Labute approximate surface area is 141 Å². The van der Waals surface area contributed by atoms with Crippen molar-refractivity contribution in [1.29, 1.82) is 0 Å².